The number of nitrogens with zero attached hydrogens (tertiary/aromatic N) is 2. The molecule has 0 fully saturated rings. The number of nitrogens with one attached hydrogen (secondary N) is 1. The van der Waals surface area contributed by atoms with Crippen LogP contribution in [0.1, 0.15) is 5.69 Å². The smallest absolute Gasteiger partial charge is 0.235 e. The normalized spacial score (nSPS) is 9.92. The lowest BCUT2D eigenvalue weighted by molar-refractivity contribution is -0.113. The highest BCUT2D eigenvalue weighted by molar-refractivity contribution is 9.09. The Morgan fingerprint density at radius 1 is 1.83 bits per heavy atom. The molecule has 1 aromatic heterocycles. The Hall–Kier alpha value is -0.840. The maximum Gasteiger partial charge on any atom is 0.235 e. The van der Waals surface area contributed by atoms with Gasteiger partial charge in [-0.1, -0.05) is 15.9 Å². The number of aromatic nitrogens is 2. The number of aryl methyl sites for hydroxylation is 2. The summed E-state index contributed by atoms with van der Waals surface area (Å²) >= 11 is 3.06. The lowest BCUT2D eigenvalue weighted by atomic mass is 10.4. The van der Waals surface area contributed by atoms with Crippen LogP contribution in [0.3, 0.4) is 0 Å². The number of carbonyl (C=O) groups excluding carboxylic acids is 1. The van der Waals surface area contributed by atoms with Gasteiger partial charge < -0.3 is 5.32 Å². The molecular weight excluding hydrogens is 222 g/mol. The Bertz CT molecular complexity index is 295. The molecule has 0 radical (unpaired) electrons. The van der Waals surface area contributed by atoms with E-state index >= 15 is 0 Å². The summed E-state index contributed by atoms with van der Waals surface area (Å²) < 4.78 is 1.67. The van der Waals surface area contributed by atoms with Crippen molar-refractivity contribution in [2.24, 2.45) is 7.05 Å². The van der Waals surface area contributed by atoms with Gasteiger partial charge in [-0.2, -0.15) is 5.10 Å². The summed E-state index contributed by atoms with van der Waals surface area (Å²) in [4.78, 5) is 10.9. The lowest BCUT2D eigenvalue weighted by Crippen LogP contribution is -2.12. The third kappa shape index (κ3) is 2.07. The first-order valence-corrected chi connectivity index (χ1v) is 4.61. The Balaban J connectivity index is 2.75. The average molecular weight is 232 g/mol. The molecule has 5 heteroatoms. The van der Waals surface area contributed by atoms with Crippen molar-refractivity contribution in [2.75, 3.05) is 10.6 Å². The molecule has 0 aromatic carbocycles. The monoisotopic (exact) mass is 231 g/mol. The van der Waals surface area contributed by atoms with E-state index in [4.69, 9.17) is 0 Å². The summed E-state index contributed by atoms with van der Waals surface area (Å²) in [7, 11) is 1.82. The highest BCUT2D eigenvalue weighted by atomic mass is 79.9. The predicted octanol–water partition coefficient (Wildman–Crippen LogP) is 1.06. The Morgan fingerprint density at radius 3 is 2.92 bits per heavy atom. The molecule has 0 spiro atoms. The second kappa shape index (κ2) is 3.71. The van der Waals surface area contributed by atoms with Gasteiger partial charge in [0.05, 0.1) is 16.7 Å². The van der Waals surface area contributed by atoms with E-state index in [1.54, 1.807) is 10.9 Å². The Kier molecular flexibility index (Phi) is 2.86. The van der Waals surface area contributed by atoms with E-state index in [1.165, 1.54) is 0 Å². The van der Waals surface area contributed by atoms with Gasteiger partial charge in [0, 0.05) is 13.2 Å². The molecule has 12 heavy (non-hydrogen) atoms. The number of amides is 1. The summed E-state index contributed by atoms with van der Waals surface area (Å²) in [6.07, 6.45) is 1.77. The number of hydrogen-bond acceptors (Lipinski definition) is 2. The van der Waals surface area contributed by atoms with E-state index in [1.807, 2.05) is 14.0 Å². The van der Waals surface area contributed by atoms with Crippen LogP contribution in [0.4, 0.5) is 5.69 Å². The molecule has 0 bridgehead atoms. The molecule has 66 valence electrons. The van der Waals surface area contributed by atoms with Crippen molar-refractivity contribution >= 4 is 27.5 Å². The fraction of sp³-hybridized carbons (Fsp3) is 0.429. The van der Waals surface area contributed by atoms with Crippen LogP contribution < -0.4 is 5.32 Å². The quantitative estimate of drug-likeness (QED) is 0.775. The van der Waals surface area contributed by atoms with Crippen LogP contribution in [0.5, 0.6) is 0 Å². The van der Waals surface area contributed by atoms with Gasteiger partial charge in [0.25, 0.3) is 0 Å². The van der Waals surface area contributed by atoms with Crippen molar-refractivity contribution in [2.45, 2.75) is 6.92 Å². The molecule has 0 unspecified atom stereocenters. The molecular formula is C7H10BrN3O. The minimum atomic E-state index is -0.0638. The summed E-state index contributed by atoms with van der Waals surface area (Å²) in [6.45, 7) is 1.85. The van der Waals surface area contributed by atoms with Gasteiger partial charge in [0.2, 0.25) is 5.91 Å². The van der Waals surface area contributed by atoms with Crippen molar-refractivity contribution in [3.63, 3.8) is 0 Å². The van der Waals surface area contributed by atoms with Gasteiger partial charge in [-0.05, 0) is 6.92 Å². The van der Waals surface area contributed by atoms with Crippen LogP contribution >= 0.6 is 15.9 Å². The second-order valence-electron chi connectivity index (χ2n) is 2.48. The zero-order valence-corrected chi connectivity index (χ0v) is 8.55. The Morgan fingerprint density at radius 2 is 2.50 bits per heavy atom. The SMILES string of the molecule is Cc1nn(C)cc1NC(=O)CBr. The summed E-state index contributed by atoms with van der Waals surface area (Å²) in [5, 5.41) is 7.10. The van der Waals surface area contributed by atoms with Gasteiger partial charge >= 0.3 is 0 Å². The number of halogens is 1. The lowest BCUT2D eigenvalue weighted by Gasteiger charge is -1.98. The van der Waals surface area contributed by atoms with Crippen molar-refractivity contribution in [3.8, 4) is 0 Å². The molecule has 0 saturated carbocycles. The van der Waals surface area contributed by atoms with Crippen LogP contribution in [-0.2, 0) is 11.8 Å². The standard InChI is InChI=1S/C7H10BrN3O/c1-5-6(4-11(2)10-5)9-7(12)3-8/h4H,3H2,1-2H3,(H,9,12). The number of rotatable bonds is 2. The minimum Gasteiger partial charge on any atom is -0.322 e. The third-order valence-corrected chi connectivity index (χ3v) is 1.92. The second-order valence-corrected chi connectivity index (χ2v) is 3.04. The first-order valence-electron chi connectivity index (χ1n) is 3.49. The van der Waals surface area contributed by atoms with E-state index in [0.29, 0.717) is 5.33 Å². The molecule has 1 N–H and O–H groups in total. The topological polar surface area (TPSA) is 46.9 Å². The van der Waals surface area contributed by atoms with E-state index in [2.05, 4.69) is 26.3 Å². The number of hydrogen-bond donors (Lipinski definition) is 1. The van der Waals surface area contributed by atoms with Gasteiger partial charge in [-0.3, -0.25) is 9.48 Å². The van der Waals surface area contributed by atoms with Gasteiger partial charge in [0.15, 0.2) is 0 Å². The van der Waals surface area contributed by atoms with E-state index in [0.717, 1.165) is 11.4 Å². The molecule has 0 atom stereocenters. The van der Waals surface area contributed by atoms with Crippen LogP contribution in [0, 0.1) is 6.92 Å². The average Bonchev–Trinajstić information content (AvgIpc) is 2.30. The zero-order chi connectivity index (χ0) is 9.14. The molecule has 0 aliphatic heterocycles. The van der Waals surface area contributed by atoms with Gasteiger partial charge in [0.1, 0.15) is 0 Å². The molecule has 1 amide bonds. The first kappa shape index (κ1) is 9.25. The fourth-order valence-electron chi connectivity index (χ4n) is 0.906. The van der Waals surface area contributed by atoms with E-state index in [9.17, 15) is 4.79 Å². The van der Waals surface area contributed by atoms with Crippen LogP contribution in [0.15, 0.2) is 6.20 Å². The number of alkyl halides is 1. The van der Waals surface area contributed by atoms with Crippen molar-refractivity contribution in [1.82, 2.24) is 9.78 Å². The maximum absolute atomic E-state index is 10.9. The van der Waals surface area contributed by atoms with Crippen molar-refractivity contribution < 1.29 is 4.79 Å². The van der Waals surface area contributed by atoms with E-state index < -0.39 is 0 Å². The Labute approximate surface area is 79.1 Å². The summed E-state index contributed by atoms with van der Waals surface area (Å²) in [5.74, 6) is -0.0638. The van der Waals surface area contributed by atoms with Crippen LogP contribution in [-0.4, -0.2) is 21.0 Å². The first-order chi connectivity index (χ1) is 5.63. The highest BCUT2D eigenvalue weighted by Crippen LogP contribution is 2.10. The molecule has 0 aliphatic carbocycles. The predicted molar refractivity (Wildman–Crippen MR) is 50.4 cm³/mol. The van der Waals surface area contributed by atoms with E-state index in [-0.39, 0.29) is 5.91 Å². The fourth-order valence-corrected chi connectivity index (χ4v) is 1.05. The molecule has 4 nitrogen and oxygen atoms in total. The van der Waals surface area contributed by atoms with Gasteiger partial charge in [-0.15, -0.1) is 0 Å². The molecule has 0 aliphatic rings. The van der Waals surface area contributed by atoms with Crippen LogP contribution in [0.25, 0.3) is 0 Å². The molecule has 0 saturated heterocycles. The van der Waals surface area contributed by atoms with Crippen LogP contribution in [0.2, 0.25) is 0 Å². The summed E-state index contributed by atoms with van der Waals surface area (Å²) in [6, 6.07) is 0. The number of carbonyl (C=O) groups is 1. The van der Waals surface area contributed by atoms with Gasteiger partial charge in [-0.25, -0.2) is 0 Å². The third-order valence-electron chi connectivity index (χ3n) is 1.41. The zero-order valence-electron chi connectivity index (χ0n) is 6.97. The van der Waals surface area contributed by atoms with Crippen molar-refractivity contribution in [1.29, 1.82) is 0 Å². The van der Waals surface area contributed by atoms with Crippen molar-refractivity contribution in [3.05, 3.63) is 11.9 Å². The highest BCUT2D eigenvalue weighted by Gasteiger charge is 2.05. The summed E-state index contributed by atoms with van der Waals surface area (Å²) in [5.41, 5.74) is 1.59. The molecule has 1 heterocycles. The number of anilines is 1. The molecule has 1 rings (SSSR count). The molecule has 1 aromatic rings. The minimum absolute atomic E-state index is 0.0638. The largest absolute Gasteiger partial charge is 0.322 e. The maximum atomic E-state index is 10.9.